The Balaban J connectivity index is 1.65. The summed E-state index contributed by atoms with van der Waals surface area (Å²) >= 11 is 0. The van der Waals surface area contributed by atoms with E-state index in [2.05, 4.69) is 52.1 Å². The van der Waals surface area contributed by atoms with Crippen LogP contribution in [0.3, 0.4) is 0 Å². The van der Waals surface area contributed by atoms with Crippen LogP contribution in [0.25, 0.3) is 11.3 Å². The zero-order chi connectivity index (χ0) is 19.3. The normalized spacial score (nSPS) is 14.1. The van der Waals surface area contributed by atoms with Gasteiger partial charge in [0, 0.05) is 31.5 Å². The Bertz CT molecular complexity index is 904. The van der Waals surface area contributed by atoms with Gasteiger partial charge in [-0.05, 0) is 61.2 Å². The molecule has 0 bridgehead atoms. The van der Waals surface area contributed by atoms with E-state index in [-0.39, 0.29) is 0 Å². The molecule has 2 heterocycles. The second-order valence-corrected chi connectivity index (χ2v) is 7.28. The molecule has 1 fully saturated rings. The van der Waals surface area contributed by atoms with Crippen molar-refractivity contribution >= 4 is 5.69 Å². The number of ether oxygens (including phenoxy) is 2. The van der Waals surface area contributed by atoms with Crippen LogP contribution in [0.2, 0.25) is 0 Å². The Hall–Kier alpha value is -2.88. The average molecular weight is 377 g/mol. The van der Waals surface area contributed by atoms with Crippen molar-refractivity contribution in [3.63, 3.8) is 0 Å². The molecule has 4 rings (SSSR count). The molecular formula is C24H28N2O2. The van der Waals surface area contributed by atoms with Crippen molar-refractivity contribution in [3.8, 4) is 22.8 Å². The number of hydrogen-bond acceptors (Lipinski definition) is 3. The molecule has 146 valence electrons. The van der Waals surface area contributed by atoms with Gasteiger partial charge < -0.3 is 18.9 Å². The fourth-order valence-corrected chi connectivity index (χ4v) is 4.08. The lowest BCUT2D eigenvalue weighted by Gasteiger charge is -2.29. The maximum Gasteiger partial charge on any atom is 0.131 e. The predicted molar refractivity (Wildman–Crippen MR) is 115 cm³/mol. The zero-order valence-electron chi connectivity index (χ0n) is 16.7. The van der Waals surface area contributed by atoms with E-state index in [0.717, 1.165) is 42.4 Å². The Labute approximate surface area is 167 Å². The zero-order valence-corrected chi connectivity index (χ0v) is 16.7. The number of hydrogen-bond donors (Lipinski definition) is 0. The number of rotatable bonds is 6. The van der Waals surface area contributed by atoms with Crippen molar-refractivity contribution in [1.82, 2.24) is 4.57 Å². The van der Waals surface area contributed by atoms with E-state index in [1.165, 1.54) is 30.5 Å². The highest BCUT2D eigenvalue weighted by molar-refractivity contribution is 5.75. The van der Waals surface area contributed by atoms with Crippen molar-refractivity contribution in [2.45, 2.75) is 25.8 Å². The first-order chi connectivity index (χ1) is 13.8. The number of piperidine rings is 1. The molecule has 4 heteroatoms. The molecule has 0 N–H and O–H groups in total. The Kier molecular flexibility index (Phi) is 5.56. The van der Waals surface area contributed by atoms with Gasteiger partial charge in [-0.3, -0.25) is 0 Å². The molecule has 0 saturated carbocycles. The SMILES string of the molecule is COc1cccc(OC)c1-c1cccn1Cc1cccc(N2CCCCC2)c1. The largest absolute Gasteiger partial charge is 0.496 e. The minimum absolute atomic E-state index is 0.811. The first kappa shape index (κ1) is 18.5. The Morgan fingerprint density at radius 2 is 1.54 bits per heavy atom. The van der Waals surface area contributed by atoms with Gasteiger partial charge in [-0.15, -0.1) is 0 Å². The van der Waals surface area contributed by atoms with Gasteiger partial charge in [0.1, 0.15) is 11.5 Å². The summed E-state index contributed by atoms with van der Waals surface area (Å²) in [5, 5.41) is 0. The molecule has 0 amide bonds. The second kappa shape index (κ2) is 8.42. The number of nitrogens with zero attached hydrogens (tertiary/aromatic N) is 2. The smallest absolute Gasteiger partial charge is 0.131 e. The summed E-state index contributed by atoms with van der Waals surface area (Å²) in [6, 6.07) is 19.0. The Morgan fingerprint density at radius 3 is 2.25 bits per heavy atom. The highest BCUT2D eigenvalue weighted by atomic mass is 16.5. The van der Waals surface area contributed by atoms with Crippen LogP contribution in [0.15, 0.2) is 60.8 Å². The van der Waals surface area contributed by atoms with Gasteiger partial charge in [0.2, 0.25) is 0 Å². The van der Waals surface area contributed by atoms with Crippen molar-refractivity contribution in [2.75, 3.05) is 32.2 Å². The summed E-state index contributed by atoms with van der Waals surface area (Å²) in [4.78, 5) is 2.51. The number of methoxy groups -OCH3 is 2. The fourth-order valence-electron chi connectivity index (χ4n) is 4.08. The molecule has 4 nitrogen and oxygen atoms in total. The number of benzene rings is 2. The molecule has 1 saturated heterocycles. The maximum absolute atomic E-state index is 5.62. The van der Waals surface area contributed by atoms with Crippen molar-refractivity contribution in [2.24, 2.45) is 0 Å². The maximum atomic E-state index is 5.62. The topological polar surface area (TPSA) is 26.6 Å². The Morgan fingerprint density at radius 1 is 0.821 bits per heavy atom. The molecular weight excluding hydrogens is 348 g/mol. The summed E-state index contributed by atoms with van der Waals surface area (Å²) in [6.45, 7) is 3.14. The summed E-state index contributed by atoms with van der Waals surface area (Å²) in [5.41, 5.74) is 4.72. The quantitative estimate of drug-likeness (QED) is 0.591. The minimum Gasteiger partial charge on any atom is -0.496 e. The van der Waals surface area contributed by atoms with E-state index in [9.17, 15) is 0 Å². The van der Waals surface area contributed by atoms with Crippen LogP contribution in [0.5, 0.6) is 11.5 Å². The molecule has 28 heavy (non-hydrogen) atoms. The van der Waals surface area contributed by atoms with Crippen LogP contribution in [0, 0.1) is 0 Å². The molecule has 3 aromatic rings. The van der Waals surface area contributed by atoms with Crippen LogP contribution >= 0.6 is 0 Å². The first-order valence-corrected chi connectivity index (χ1v) is 10.0. The van der Waals surface area contributed by atoms with Crippen LogP contribution in [-0.4, -0.2) is 31.9 Å². The lowest BCUT2D eigenvalue weighted by Crippen LogP contribution is -2.29. The van der Waals surface area contributed by atoms with Crippen LogP contribution in [-0.2, 0) is 6.54 Å². The van der Waals surface area contributed by atoms with Crippen molar-refractivity contribution < 1.29 is 9.47 Å². The third-order valence-corrected chi connectivity index (χ3v) is 5.50. The molecule has 1 aromatic heterocycles. The van der Waals surface area contributed by atoms with Gasteiger partial charge in [-0.1, -0.05) is 18.2 Å². The van der Waals surface area contributed by atoms with Gasteiger partial charge in [0.05, 0.1) is 25.5 Å². The van der Waals surface area contributed by atoms with E-state index in [4.69, 9.17) is 9.47 Å². The minimum atomic E-state index is 0.811. The molecule has 0 radical (unpaired) electrons. The lowest BCUT2D eigenvalue weighted by molar-refractivity contribution is 0.397. The highest BCUT2D eigenvalue weighted by Gasteiger charge is 2.16. The molecule has 0 spiro atoms. The molecule has 2 aromatic carbocycles. The lowest BCUT2D eigenvalue weighted by atomic mass is 10.1. The van der Waals surface area contributed by atoms with E-state index in [0.29, 0.717) is 0 Å². The third-order valence-electron chi connectivity index (χ3n) is 5.50. The van der Waals surface area contributed by atoms with E-state index >= 15 is 0 Å². The van der Waals surface area contributed by atoms with Gasteiger partial charge in [-0.25, -0.2) is 0 Å². The fraction of sp³-hybridized carbons (Fsp3) is 0.333. The summed E-state index contributed by atoms with van der Waals surface area (Å²) < 4.78 is 13.5. The van der Waals surface area contributed by atoms with Gasteiger partial charge in [0.15, 0.2) is 0 Å². The molecule has 0 unspecified atom stereocenters. The van der Waals surface area contributed by atoms with Gasteiger partial charge in [0.25, 0.3) is 0 Å². The molecule has 1 aliphatic heterocycles. The molecule has 1 aliphatic rings. The number of anilines is 1. The predicted octanol–water partition coefficient (Wildman–Crippen LogP) is 5.21. The monoisotopic (exact) mass is 376 g/mol. The van der Waals surface area contributed by atoms with Gasteiger partial charge in [-0.2, -0.15) is 0 Å². The third kappa shape index (κ3) is 3.72. The van der Waals surface area contributed by atoms with E-state index in [1.54, 1.807) is 14.2 Å². The van der Waals surface area contributed by atoms with Gasteiger partial charge >= 0.3 is 0 Å². The van der Waals surface area contributed by atoms with Crippen LogP contribution in [0.1, 0.15) is 24.8 Å². The summed E-state index contributed by atoms with van der Waals surface area (Å²) in [5.74, 6) is 1.64. The highest BCUT2D eigenvalue weighted by Crippen LogP contribution is 2.38. The van der Waals surface area contributed by atoms with Crippen molar-refractivity contribution in [3.05, 3.63) is 66.4 Å². The summed E-state index contributed by atoms with van der Waals surface area (Å²) in [7, 11) is 3.40. The molecule has 0 aliphatic carbocycles. The van der Waals surface area contributed by atoms with Crippen molar-refractivity contribution in [1.29, 1.82) is 0 Å². The van der Waals surface area contributed by atoms with E-state index < -0.39 is 0 Å². The summed E-state index contributed by atoms with van der Waals surface area (Å²) in [6.07, 6.45) is 6.05. The van der Waals surface area contributed by atoms with Crippen LogP contribution in [0.4, 0.5) is 5.69 Å². The second-order valence-electron chi connectivity index (χ2n) is 7.28. The molecule has 0 atom stereocenters. The van der Waals surface area contributed by atoms with Crippen LogP contribution < -0.4 is 14.4 Å². The average Bonchev–Trinajstić information content (AvgIpc) is 3.21. The standard InChI is InChI=1S/C24H28N2O2/c1-27-22-12-7-13-23(28-2)24(22)21-11-8-16-26(21)18-19-9-6-10-20(17-19)25-14-4-3-5-15-25/h6-13,16-17H,3-5,14-15,18H2,1-2H3. The first-order valence-electron chi connectivity index (χ1n) is 10.0. The number of aromatic nitrogens is 1. The van der Waals surface area contributed by atoms with E-state index in [1.807, 2.05) is 18.2 Å².